The molecule has 136 valence electrons. The third-order valence-corrected chi connectivity index (χ3v) is 4.24. The molecule has 0 spiro atoms. The van der Waals surface area contributed by atoms with Crippen LogP contribution in [-0.2, 0) is 19.6 Å². The molecule has 0 atom stereocenters. The number of hydrogen-bond donors (Lipinski definition) is 1. The second-order valence-electron chi connectivity index (χ2n) is 5.07. The van der Waals surface area contributed by atoms with Crippen molar-refractivity contribution in [3.63, 3.8) is 0 Å². The summed E-state index contributed by atoms with van der Waals surface area (Å²) < 4.78 is 35.9. The van der Waals surface area contributed by atoms with Gasteiger partial charge in [0.15, 0.2) is 0 Å². The molecule has 0 aromatic heterocycles. The van der Waals surface area contributed by atoms with Gasteiger partial charge in [0, 0.05) is 19.8 Å². The van der Waals surface area contributed by atoms with Crippen molar-refractivity contribution in [2.45, 2.75) is 20.3 Å². The standard InChI is InChI=1S/C16H26N2O5S/c1-4-22-12-8-11-17-16(19)13-18(24(3,20)21)14-9-6-7-10-15(14)23-5-2/h6-7,9-10H,4-5,8,11-13H2,1-3H3,(H,17,19). The van der Waals surface area contributed by atoms with E-state index in [2.05, 4.69) is 5.32 Å². The number of sulfonamides is 1. The van der Waals surface area contributed by atoms with Gasteiger partial charge in [0.25, 0.3) is 0 Å². The Morgan fingerprint density at radius 1 is 1.21 bits per heavy atom. The summed E-state index contributed by atoms with van der Waals surface area (Å²) in [6.07, 6.45) is 1.74. The smallest absolute Gasteiger partial charge is 0.240 e. The summed E-state index contributed by atoms with van der Waals surface area (Å²) >= 11 is 0. The fourth-order valence-corrected chi connectivity index (χ4v) is 2.91. The number of rotatable bonds is 11. The molecule has 24 heavy (non-hydrogen) atoms. The highest BCUT2D eigenvalue weighted by Gasteiger charge is 2.23. The second-order valence-corrected chi connectivity index (χ2v) is 6.98. The van der Waals surface area contributed by atoms with Gasteiger partial charge in [-0.15, -0.1) is 0 Å². The van der Waals surface area contributed by atoms with E-state index in [9.17, 15) is 13.2 Å². The van der Waals surface area contributed by atoms with Crippen LogP contribution in [-0.4, -0.2) is 53.5 Å². The first kappa shape index (κ1) is 20.2. The van der Waals surface area contributed by atoms with Crippen molar-refractivity contribution in [1.29, 1.82) is 0 Å². The minimum Gasteiger partial charge on any atom is -0.492 e. The van der Waals surface area contributed by atoms with Crippen LogP contribution in [0, 0.1) is 0 Å². The molecule has 1 aromatic rings. The van der Waals surface area contributed by atoms with Crippen molar-refractivity contribution < 1.29 is 22.7 Å². The zero-order valence-corrected chi connectivity index (χ0v) is 15.3. The van der Waals surface area contributed by atoms with E-state index in [1.165, 1.54) is 0 Å². The van der Waals surface area contributed by atoms with Crippen LogP contribution in [0.3, 0.4) is 0 Å². The van der Waals surface area contributed by atoms with Crippen molar-refractivity contribution in [3.8, 4) is 5.75 Å². The van der Waals surface area contributed by atoms with Crippen LogP contribution < -0.4 is 14.4 Å². The summed E-state index contributed by atoms with van der Waals surface area (Å²) in [5, 5.41) is 2.70. The van der Waals surface area contributed by atoms with E-state index in [0.29, 0.717) is 44.2 Å². The highest BCUT2D eigenvalue weighted by molar-refractivity contribution is 7.92. The molecular weight excluding hydrogens is 332 g/mol. The maximum absolute atomic E-state index is 12.1. The molecule has 0 unspecified atom stereocenters. The van der Waals surface area contributed by atoms with E-state index in [1.807, 2.05) is 13.8 Å². The molecule has 0 fully saturated rings. The Labute approximate surface area is 144 Å². The van der Waals surface area contributed by atoms with Gasteiger partial charge < -0.3 is 14.8 Å². The SMILES string of the molecule is CCOCCCNC(=O)CN(c1ccccc1OCC)S(C)(=O)=O. The normalized spacial score (nSPS) is 11.1. The second kappa shape index (κ2) is 10.1. The highest BCUT2D eigenvalue weighted by atomic mass is 32.2. The van der Waals surface area contributed by atoms with E-state index in [4.69, 9.17) is 9.47 Å². The molecule has 0 bridgehead atoms. The lowest BCUT2D eigenvalue weighted by Gasteiger charge is -2.24. The van der Waals surface area contributed by atoms with Crippen LogP contribution >= 0.6 is 0 Å². The first-order valence-electron chi connectivity index (χ1n) is 7.94. The molecule has 0 aliphatic rings. The van der Waals surface area contributed by atoms with Crippen molar-refractivity contribution in [2.75, 3.05) is 43.5 Å². The predicted octanol–water partition coefficient (Wildman–Crippen LogP) is 1.39. The first-order valence-corrected chi connectivity index (χ1v) is 9.79. The van der Waals surface area contributed by atoms with Crippen molar-refractivity contribution >= 4 is 21.6 Å². The molecule has 1 rings (SSSR count). The van der Waals surface area contributed by atoms with Crippen LogP contribution in [0.25, 0.3) is 0 Å². The molecule has 0 saturated carbocycles. The van der Waals surface area contributed by atoms with Crippen molar-refractivity contribution in [1.82, 2.24) is 5.32 Å². The molecule has 1 aromatic carbocycles. The number of nitrogens with zero attached hydrogens (tertiary/aromatic N) is 1. The number of ether oxygens (including phenoxy) is 2. The number of hydrogen-bond acceptors (Lipinski definition) is 5. The van der Waals surface area contributed by atoms with Gasteiger partial charge in [-0.1, -0.05) is 12.1 Å². The Balaban J connectivity index is 2.79. The Morgan fingerprint density at radius 2 is 1.92 bits per heavy atom. The average Bonchev–Trinajstić information content (AvgIpc) is 2.52. The predicted molar refractivity (Wildman–Crippen MR) is 93.9 cm³/mol. The summed E-state index contributed by atoms with van der Waals surface area (Å²) in [5.41, 5.74) is 0.353. The molecule has 1 amide bonds. The third-order valence-electron chi connectivity index (χ3n) is 3.11. The van der Waals surface area contributed by atoms with Crippen LogP contribution in [0.15, 0.2) is 24.3 Å². The number of carbonyl (C=O) groups is 1. The van der Waals surface area contributed by atoms with E-state index in [1.54, 1.807) is 24.3 Å². The van der Waals surface area contributed by atoms with Crippen LogP contribution in [0.4, 0.5) is 5.69 Å². The number of anilines is 1. The number of amides is 1. The zero-order valence-electron chi connectivity index (χ0n) is 14.4. The van der Waals surface area contributed by atoms with E-state index in [-0.39, 0.29) is 12.5 Å². The molecular formula is C16H26N2O5S. The maximum atomic E-state index is 12.1. The summed E-state index contributed by atoms with van der Waals surface area (Å²) in [5.74, 6) is 0.0535. The largest absolute Gasteiger partial charge is 0.492 e. The lowest BCUT2D eigenvalue weighted by atomic mass is 10.3. The van der Waals surface area contributed by atoms with E-state index < -0.39 is 10.0 Å². The summed E-state index contributed by atoms with van der Waals surface area (Å²) in [7, 11) is -3.63. The van der Waals surface area contributed by atoms with E-state index >= 15 is 0 Å². The first-order chi connectivity index (χ1) is 11.4. The number of nitrogens with one attached hydrogen (secondary N) is 1. The van der Waals surface area contributed by atoms with Gasteiger partial charge in [-0.05, 0) is 32.4 Å². The minimum atomic E-state index is -3.63. The molecule has 0 aliphatic heterocycles. The lowest BCUT2D eigenvalue weighted by Crippen LogP contribution is -2.41. The van der Waals surface area contributed by atoms with Gasteiger partial charge in [0.05, 0.1) is 18.6 Å². The zero-order chi connectivity index (χ0) is 18.0. The van der Waals surface area contributed by atoms with Gasteiger partial charge in [-0.25, -0.2) is 8.42 Å². The van der Waals surface area contributed by atoms with Crippen molar-refractivity contribution in [2.24, 2.45) is 0 Å². The van der Waals surface area contributed by atoms with Crippen LogP contribution in [0.2, 0.25) is 0 Å². The molecule has 0 saturated heterocycles. The van der Waals surface area contributed by atoms with Gasteiger partial charge in [0.2, 0.25) is 15.9 Å². The van der Waals surface area contributed by atoms with Crippen LogP contribution in [0.5, 0.6) is 5.75 Å². The summed E-state index contributed by atoms with van der Waals surface area (Å²) in [6.45, 7) is 5.44. The van der Waals surface area contributed by atoms with Gasteiger partial charge >= 0.3 is 0 Å². The number of para-hydroxylation sites is 2. The highest BCUT2D eigenvalue weighted by Crippen LogP contribution is 2.29. The monoisotopic (exact) mass is 358 g/mol. The van der Waals surface area contributed by atoms with E-state index in [0.717, 1.165) is 10.6 Å². The fourth-order valence-electron chi connectivity index (χ4n) is 2.05. The average molecular weight is 358 g/mol. The molecule has 7 nitrogen and oxygen atoms in total. The summed E-state index contributed by atoms with van der Waals surface area (Å²) in [4.78, 5) is 12.1. The summed E-state index contributed by atoms with van der Waals surface area (Å²) in [6, 6.07) is 6.75. The Bertz CT molecular complexity index is 619. The Kier molecular flexibility index (Phi) is 8.56. The lowest BCUT2D eigenvalue weighted by molar-refractivity contribution is -0.119. The van der Waals surface area contributed by atoms with Gasteiger partial charge in [0.1, 0.15) is 12.3 Å². The molecule has 0 radical (unpaired) electrons. The van der Waals surface area contributed by atoms with Crippen molar-refractivity contribution in [3.05, 3.63) is 24.3 Å². The maximum Gasteiger partial charge on any atom is 0.240 e. The molecule has 1 N–H and O–H groups in total. The quantitative estimate of drug-likeness (QED) is 0.604. The van der Waals surface area contributed by atoms with Gasteiger partial charge in [-0.3, -0.25) is 9.10 Å². The van der Waals surface area contributed by atoms with Gasteiger partial charge in [-0.2, -0.15) is 0 Å². The fraction of sp³-hybridized carbons (Fsp3) is 0.562. The minimum absolute atomic E-state index is 0.294. The Morgan fingerprint density at radius 3 is 2.54 bits per heavy atom. The molecule has 8 heteroatoms. The molecule has 0 heterocycles. The topological polar surface area (TPSA) is 84.9 Å². The third kappa shape index (κ3) is 6.76. The Hall–Kier alpha value is -1.80. The molecule has 0 aliphatic carbocycles. The number of carbonyl (C=O) groups excluding carboxylic acids is 1. The van der Waals surface area contributed by atoms with Crippen LogP contribution in [0.1, 0.15) is 20.3 Å². The number of benzene rings is 1.